The molecule has 1 fully saturated rings. The van der Waals surface area contributed by atoms with Crippen molar-refractivity contribution >= 4 is 32.5 Å². The zero-order chi connectivity index (χ0) is 16.5. The van der Waals surface area contributed by atoms with Crippen molar-refractivity contribution in [2.24, 2.45) is 11.7 Å². The van der Waals surface area contributed by atoms with Crippen LogP contribution in [-0.4, -0.2) is 47.8 Å². The predicted octanol–water partition coefficient (Wildman–Crippen LogP) is 0.374. The van der Waals surface area contributed by atoms with Gasteiger partial charge >= 0.3 is 0 Å². The first kappa shape index (κ1) is 20.3. The maximum atomic E-state index is 12.4. The van der Waals surface area contributed by atoms with E-state index in [4.69, 9.17) is 5.73 Å². The minimum Gasteiger partial charge on any atom is -0.329 e. The highest BCUT2D eigenvalue weighted by atomic mass is 35.5. The Morgan fingerprint density at radius 3 is 2.26 bits per heavy atom. The Kier molecular flexibility index (Phi) is 6.59. The van der Waals surface area contributed by atoms with Gasteiger partial charge in [0.05, 0.1) is 9.79 Å². The van der Waals surface area contributed by atoms with E-state index in [0.717, 1.165) is 23.2 Å². The van der Waals surface area contributed by atoms with Gasteiger partial charge in [-0.15, -0.1) is 12.4 Å². The van der Waals surface area contributed by atoms with E-state index in [-0.39, 0.29) is 40.7 Å². The predicted molar refractivity (Wildman–Crippen MR) is 90.5 cm³/mol. The number of hydrogen-bond donors (Lipinski definition) is 2. The number of rotatable bonds is 7. The van der Waals surface area contributed by atoms with Crippen molar-refractivity contribution in [1.82, 2.24) is 9.03 Å². The molecule has 1 unspecified atom stereocenters. The molecule has 7 nitrogen and oxygen atoms in total. The lowest BCUT2D eigenvalue weighted by Gasteiger charge is -2.17. The van der Waals surface area contributed by atoms with Gasteiger partial charge in [0, 0.05) is 26.7 Å². The van der Waals surface area contributed by atoms with Crippen LogP contribution in [0.3, 0.4) is 0 Å². The molecule has 0 saturated heterocycles. The Hall–Kier alpha value is -0.710. The van der Waals surface area contributed by atoms with Crippen molar-refractivity contribution in [2.45, 2.75) is 28.7 Å². The summed E-state index contributed by atoms with van der Waals surface area (Å²) >= 11 is 0. The summed E-state index contributed by atoms with van der Waals surface area (Å²) in [5.41, 5.74) is 5.61. The van der Waals surface area contributed by atoms with Crippen molar-refractivity contribution < 1.29 is 16.8 Å². The second-order valence-corrected chi connectivity index (χ2v) is 9.43. The first-order valence-corrected chi connectivity index (χ1v) is 9.86. The Morgan fingerprint density at radius 2 is 1.78 bits per heavy atom. The van der Waals surface area contributed by atoms with Crippen LogP contribution >= 0.6 is 12.4 Å². The molecule has 1 saturated carbocycles. The molecule has 1 aliphatic rings. The van der Waals surface area contributed by atoms with E-state index in [1.807, 2.05) is 0 Å². The number of nitrogens with two attached hydrogens (primary N) is 1. The second-order valence-electron chi connectivity index (χ2n) is 5.56. The number of sulfonamides is 2. The van der Waals surface area contributed by atoms with E-state index in [9.17, 15) is 16.8 Å². The molecule has 0 aromatic heterocycles. The Bertz CT molecular complexity index is 746. The Balaban J connectivity index is 0.00000264. The Labute approximate surface area is 143 Å². The standard InChI is InChI=1S/C13H21N3O4S2.ClH/c1-16(2)22(19,20)12-5-3-4-11(8-12)21(17,18)15-13(9-14)10-6-7-10;/h3-5,8,10,13,15H,6-7,9,14H2,1-2H3;1H. The average molecular weight is 384 g/mol. The third kappa shape index (κ3) is 4.65. The summed E-state index contributed by atoms with van der Waals surface area (Å²) in [5, 5.41) is 0. The third-order valence-corrected chi connectivity index (χ3v) is 6.94. The van der Waals surface area contributed by atoms with Gasteiger partial charge in [-0.05, 0) is 37.0 Å². The van der Waals surface area contributed by atoms with Crippen LogP contribution in [0.15, 0.2) is 34.1 Å². The van der Waals surface area contributed by atoms with Crippen LogP contribution in [-0.2, 0) is 20.0 Å². The SMILES string of the molecule is CN(C)S(=O)(=O)c1cccc(S(=O)(=O)NC(CN)C2CC2)c1.Cl. The van der Waals surface area contributed by atoms with E-state index < -0.39 is 20.0 Å². The number of nitrogens with zero attached hydrogens (tertiary/aromatic N) is 1. The van der Waals surface area contributed by atoms with Crippen LogP contribution in [0.5, 0.6) is 0 Å². The molecule has 0 radical (unpaired) electrons. The van der Waals surface area contributed by atoms with E-state index in [2.05, 4.69) is 4.72 Å². The van der Waals surface area contributed by atoms with Crippen LogP contribution in [0.4, 0.5) is 0 Å². The summed E-state index contributed by atoms with van der Waals surface area (Å²) in [4.78, 5) is -0.134. The fourth-order valence-electron chi connectivity index (χ4n) is 2.12. The van der Waals surface area contributed by atoms with Gasteiger partial charge in [0.15, 0.2) is 0 Å². The third-order valence-electron chi connectivity index (χ3n) is 3.65. The first-order chi connectivity index (χ1) is 10.2. The van der Waals surface area contributed by atoms with Gasteiger partial charge in [-0.1, -0.05) is 6.07 Å². The zero-order valence-corrected chi connectivity index (χ0v) is 15.4. The molecule has 0 amide bonds. The molecule has 10 heteroatoms. The fourth-order valence-corrected chi connectivity index (χ4v) is 4.50. The van der Waals surface area contributed by atoms with Crippen molar-refractivity contribution in [3.05, 3.63) is 24.3 Å². The Morgan fingerprint density at radius 1 is 1.22 bits per heavy atom. The number of nitrogens with one attached hydrogen (secondary N) is 1. The minimum absolute atomic E-state index is 0. The van der Waals surface area contributed by atoms with Gasteiger partial charge in [-0.2, -0.15) is 0 Å². The van der Waals surface area contributed by atoms with Gasteiger partial charge in [0.25, 0.3) is 0 Å². The molecule has 0 aliphatic heterocycles. The minimum atomic E-state index is -3.80. The fraction of sp³-hybridized carbons (Fsp3) is 0.538. The highest BCUT2D eigenvalue weighted by Gasteiger charge is 2.33. The van der Waals surface area contributed by atoms with E-state index >= 15 is 0 Å². The van der Waals surface area contributed by atoms with Crippen LogP contribution in [0.2, 0.25) is 0 Å². The molecule has 1 atom stereocenters. The second kappa shape index (κ2) is 7.45. The van der Waals surface area contributed by atoms with E-state index in [1.54, 1.807) is 0 Å². The quantitative estimate of drug-likeness (QED) is 0.707. The van der Waals surface area contributed by atoms with Crippen LogP contribution < -0.4 is 10.5 Å². The monoisotopic (exact) mass is 383 g/mol. The van der Waals surface area contributed by atoms with E-state index in [0.29, 0.717) is 0 Å². The van der Waals surface area contributed by atoms with Gasteiger partial charge in [-0.25, -0.2) is 25.9 Å². The molecular weight excluding hydrogens is 362 g/mol. The summed E-state index contributed by atoms with van der Waals surface area (Å²) in [7, 11) is -4.69. The molecule has 0 bridgehead atoms. The number of halogens is 1. The lowest BCUT2D eigenvalue weighted by molar-refractivity contribution is 0.517. The normalized spacial score (nSPS) is 16.9. The first-order valence-electron chi connectivity index (χ1n) is 6.93. The summed E-state index contributed by atoms with van der Waals surface area (Å²) in [6, 6.07) is 5.02. The summed E-state index contributed by atoms with van der Waals surface area (Å²) in [6.07, 6.45) is 1.92. The van der Waals surface area contributed by atoms with Gasteiger partial charge in [-0.3, -0.25) is 0 Å². The lowest BCUT2D eigenvalue weighted by atomic mass is 10.2. The van der Waals surface area contributed by atoms with Crippen LogP contribution in [0, 0.1) is 5.92 Å². The molecule has 1 aromatic rings. The van der Waals surface area contributed by atoms with Crippen molar-refractivity contribution in [2.75, 3.05) is 20.6 Å². The lowest BCUT2D eigenvalue weighted by Crippen LogP contribution is -2.41. The van der Waals surface area contributed by atoms with E-state index in [1.165, 1.54) is 32.3 Å². The van der Waals surface area contributed by atoms with Crippen molar-refractivity contribution in [1.29, 1.82) is 0 Å². The van der Waals surface area contributed by atoms with Crippen molar-refractivity contribution in [3.8, 4) is 0 Å². The highest BCUT2D eigenvalue weighted by molar-refractivity contribution is 7.90. The molecule has 2 rings (SSSR count). The molecule has 1 aromatic carbocycles. The molecule has 3 N–H and O–H groups in total. The number of hydrogen-bond acceptors (Lipinski definition) is 5. The van der Waals surface area contributed by atoms with Gasteiger partial charge in [0.1, 0.15) is 0 Å². The highest BCUT2D eigenvalue weighted by Crippen LogP contribution is 2.33. The zero-order valence-electron chi connectivity index (χ0n) is 13.0. The number of benzene rings is 1. The molecule has 132 valence electrons. The smallest absolute Gasteiger partial charge is 0.242 e. The van der Waals surface area contributed by atoms with Crippen molar-refractivity contribution in [3.63, 3.8) is 0 Å². The van der Waals surface area contributed by atoms with Crippen LogP contribution in [0.1, 0.15) is 12.8 Å². The average Bonchev–Trinajstić information content (AvgIpc) is 3.29. The molecule has 0 heterocycles. The molecule has 1 aliphatic carbocycles. The van der Waals surface area contributed by atoms with Gasteiger partial charge < -0.3 is 5.73 Å². The maximum absolute atomic E-state index is 12.4. The van der Waals surface area contributed by atoms with Gasteiger partial charge in [0.2, 0.25) is 20.0 Å². The maximum Gasteiger partial charge on any atom is 0.242 e. The molecular formula is C13H22ClN3O4S2. The summed E-state index contributed by atoms with van der Waals surface area (Å²) in [5.74, 6) is 0.272. The molecule has 0 spiro atoms. The molecule has 23 heavy (non-hydrogen) atoms. The summed E-state index contributed by atoms with van der Waals surface area (Å²) < 4.78 is 52.6. The van der Waals surface area contributed by atoms with Crippen LogP contribution in [0.25, 0.3) is 0 Å². The summed E-state index contributed by atoms with van der Waals surface area (Å²) in [6.45, 7) is 0.222. The topological polar surface area (TPSA) is 110 Å². The largest absolute Gasteiger partial charge is 0.329 e.